The molecule has 0 saturated heterocycles. The maximum Gasteiger partial charge on any atom is 0.159 e. The molecule has 0 saturated carbocycles. The topological polar surface area (TPSA) is 16.4 Å². The molecule has 0 radical (unpaired) electrons. The summed E-state index contributed by atoms with van der Waals surface area (Å²) in [5.74, 6) is 0. The fourth-order valence-electron chi connectivity index (χ4n) is 7.68. The highest BCUT2D eigenvalue weighted by atomic mass is 16.3. The summed E-state index contributed by atoms with van der Waals surface area (Å²) in [6.07, 6.45) is 0. The Morgan fingerprint density at radius 1 is 0.308 bits per heavy atom. The van der Waals surface area contributed by atoms with Crippen LogP contribution in [0.5, 0.6) is 0 Å². The number of fused-ring (bicyclic) bond motifs is 6. The number of hydrogen-bond acceptors (Lipinski definition) is 2. The van der Waals surface area contributed by atoms with E-state index < -0.39 is 0 Å². The van der Waals surface area contributed by atoms with Crippen LogP contribution in [-0.4, -0.2) is 0 Å². The monoisotopic (exact) mass is 663 g/mol. The molecule has 10 aromatic rings. The molecule has 244 valence electrons. The molecule has 2 heteroatoms. The molecule has 0 N–H and O–H groups in total. The van der Waals surface area contributed by atoms with Gasteiger partial charge in [0.05, 0.1) is 5.69 Å². The average Bonchev–Trinajstić information content (AvgIpc) is 3.62. The second kappa shape index (κ2) is 12.5. The number of nitrogens with zero attached hydrogens (tertiary/aromatic N) is 1. The maximum absolute atomic E-state index is 6.92. The summed E-state index contributed by atoms with van der Waals surface area (Å²) < 4.78 is 6.92. The minimum absolute atomic E-state index is 0.862. The lowest BCUT2D eigenvalue weighted by Gasteiger charge is -2.27. The van der Waals surface area contributed by atoms with Gasteiger partial charge in [-0.15, -0.1) is 0 Å². The van der Waals surface area contributed by atoms with Crippen molar-refractivity contribution >= 4 is 60.5 Å². The first-order chi connectivity index (χ1) is 25.8. The van der Waals surface area contributed by atoms with Crippen LogP contribution in [-0.2, 0) is 0 Å². The first-order valence-corrected chi connectivity index (χ1v) is 17.8. The van der Waals surface area contributed by atoms with Crippen molar-refractivity contribution in [1.82, 2.24) is 0 Å². The van der Waals surface area contributed by atoms with Gasteiger partial charge in [0.2, 0.25) is 0 Å². The van der Waals surface area contributed by atoms with Gasteiger partial charge in [-0.05, 0) is 92.0 Å². The van der Waals surface area contributed by atoms with Gasteiger partial charge in [-0.1, -0.05) is 158 Å². The van der Waals surface area contributed by atoms with Gasteiger partial charge in [0.25, 0.3) is 0 Å². The van der Waals surface area contributed by atoms with Gasteiger partial charge < -0.3 is 9.32 Å². The maximum atomic E-state index is 6.92. The highest BCUT2D eigenvalue weighted by Gasteiger charge is 2.22. The van der Waals surface area contributed by atoms with Crippen LogP contribution in [0.1, 0.15) is 0 Å². The zero-order chi connectivity index (χ0) is 34.4. The van der Waals surface area contributed by atoms with Crippen LogP contribution in [0.2, 0.25) is 0 Å². The molecular weight excluding hydrogens is 631 g/mol. The van der Waals surface area contributed by atoms with Crippen LogP contribution < -0.4 is 4.90 Å². The smallest absolute Gasteiger partial charge is 0.159 e. The van der Waals surface area contributed by atoms with E-state index in [4.69, 9.17) is 4.42 Å². The Labute approximate surface area is 302 Å². The third-order valence-corrected chi connectivity index (χ3v) is 10.2. The van der Waals surface area contributed by atoms with Gasteiger partial charge in [-0.3, -0.25) is 0 Å². The number of hydrogen-bond donors (Lipinski definition) is 0. The molecule has 0 atom stereocenters. The van der Waals surface area contributed by atoms with Crippen LogP contribution in [0.3, 0.4) is 0 Å². The first kappa shape index (κ1) is 30.0. The summed E-state index contributed by atoms with van der Waals surface area (Å²) in [6, 6.07) is 71.6. The van der Waals surface area contributed by atoms with E-state index in [2.05, 4.69) is 205 Å². The SMILES string of the molecule is c1ccc(-c2ccc(N(c3ccc(-c4ccc5ccccc5c4)cc3)c3cccc4c3oc3c5ccccc5ccc43)cc2-c2ccccc2)cc1. The number of anilines is 3. The van der Waals surface area contributed by atoms with Crippen LogP contribution in [0, 0.1) is 0 Å². The lowest BCUT2D eigenvalue weighted by molar-refractivity contribution is 0.673. The van der Waals surface area contributed by atoms with Crippen molar-refractivity contribution in [3.05, 3.63) is 200 Å². The molecule has 0 aliphatic rings. The van der Waals surface area contributed by atoms with E-state index in [1.54, 1.807) is 0 Å². The van der Waals surface area contributed by atoms with E-state index in [-0.39, 0.29) is 0 Å². The summed E-state index contributed by atoms with van der Waals surface area (Å²) in [6.45, 7) is 0. The van der Waals surface area contributed by atoms with E-state index in [1.807, 2.05) is 0 Å². The molecule has 0 fully saturated rings. The Balaban J connectivity index is 1.19. The van der Waals surface area contributed by atoms with Crippen molar-refractivity contribution in [3.8, 4) is 33.4 Å². The third-order valence-electron chi connectivity index (χ3n) is 10.2. The molecule has 0 aliphatic heterocycles. The number of para-hydroxylation sites is 1. The van der Waals surface area contributed by atoms with Crippen molar-refractivity contribution in [3.63, 3.8) is 0 Å². The van der Waals surface area contributed by atoms with Gasteiger partial charge in [0.15, 0.2) is 5.58 Å². The number of furan rings is 1. The van der Waals surface area contributed by atoms with E-state index >= 15 is 0 Å². The summed E-state index contributed by atoms with van der Waals surface area (Å²) >= 11 is 0. The first-order valence-electron chi connectivity index (χ1n) is 17.8. The average molecular weight is 664 g/mol. The predicted octanol–water partition coefficient (Wildman–Crippen LogP) is 14.4. The molecule has 0 unspecified atom stereocenters. The van der Waals surface area contributed by atoms with Gasteiger partial charge in [-0.25, -0.2) is 0 Å². The largest absolute Gasteiger partial charge is 0.453 e. The minimum Gasteiger partial charge on any atom is -0.453 e. The number of benzene rings is 9. The Morgan fingerprint density at radius 3 is 1.69 bits per heavy atom. The molecule has 0 amide bonds. The summed E-state index contributed by atoms with van der Waals surface area (Å²) in [4.78, 5) is 2.35. The van der Waals surface area contributed by atoms with Crippen molar-refractivity contribution in [2.24, 2.45) is 0 Å². The molecule has 10 rings (SSSR count). The van der Waals surface area contributed by atoms with Gasteiger partial charge in [0.1, 0.15) is 5.58 Å². The standard InChI is InChI=1S/C50H33NO/c1-3-13-36(14-4-1)43-31-29-42(33-47(43)37-15-5-2-6-16-37)51(41-27-24-35(25-28-41)40-23-22-34-12-7-8-18-39(34)32-40)48-21-11-20-45-46-30-26-38-17-9-10-19-44(38)49(46)52-50(45)48/h1-33H. The van der Waals surface area contributed by atoms with Gasteiger partial charge in [-0.2, -0.15) is 0 Å². The van der Waals surface area contributed by atoms with Crippen molar-refractivity contribution < 1.29 is 4.42 Å². The molecular formula is C50H33NO. The lowest BCUT2D eigenvalue weighted by atomic mass is 9.93. The molecule has 1 aromatic heterocycles. The number of rotatable bonds is 6. The van der Waals surface area contributed by atoms with E-state index in [9.17, 15) is 0 Å². The fraction of sp³-hybridized carbons (Fsp3) is 0. The highest BCUT2D eigenvalue weighted by molar-refractivity contribution is 6.17. The van der Waals surface area contributed by atoms with Gasteiger partial charge in [0, 0.05) is 27.5 Å². The van der Waals surface area contributed by atoms with Crippen molar-refractivity contribution in [2.45, 2.75) is 0 Å². The molecule has 0 aliphatic carbocycles. The van der Waals surface area contributed by atoms with E-state index in [0.717, 1.165) is 44.4 Å². The highest BCUT2D eigenvalue weighted by Crippen LogP contribution is 2.45. The second-order valence-electron chi connectivity index (χ2n) is 13.3. The minimum atomic E-state index is 0.862. The predicted molar refractivity (Wildman–Crippen MR) is 220 cm³/mol. The van der Waals surface area contributed by atoms with Gasteiger partial charge >= 0.3 is 0 Å². The molecule has 0 spiro atoms. The zero-order valence-corrected chi connectivity index (χ0v) is 28.4. The zero-order valence-electron chi connectivity index (χ0n) is 28.4. The molecule has 0 bridgehead atoms. The van der Waals surface area contributed by atoms with Crippen LogP contribution in [0.4, 0.5) is 17.1 Å². The van der Waals surface area contributed by atoms with Crippen molar-refractivity contribution in [1.29, 1.82) is 0 Å². The van der Waals surface area contributed by atoms with Crippen LogP contribution in [0.25, 0.3) is 76.9 Å². The molecule has 2 nitrogen and oxygen atoms in total. The molecule has 52 heavy (non-hydrogen) atoms. The lowest BCUT2D eigenvalue weighted by Crippen LogP contribution is -2.10. The van der Waals surface area contributed by atoms with Crippen molar-refractivity contribution in [2.75, 3.05) is 4.90 Å². The third kappa shape index (κ3) is 5.12. The normalized spacial score (nSPS) is 11.5. The van der Waals surface area contributed by atoms with E-state index in [0.29, 0.717) is 0 Å². The summed E-state index contributed by atoms with van der Waals surface area (Å²) in [7, 11) is 0. The summed E-state index contributed by atoms with van der Waals surface area (Å²) in [5.41, 5.74) is 12.0. The Bertz CT molecular complexity index is 2890. The molecule has 1 heterocycles. The van der Waals surface area contributed by atoms with E-state index in [1.165, 1.54) is 49.5 Å². The summed E-state index contributed by atoms with van der Waals surface area (Å²) in [5, 5.41) is 6.98. The Kier molecular flexibility index (Phi) is 7.18. The molecule has 9 aromatic carbocycles. The van der Waals surface area contributed by atoms with Crippen LogP contribution in [0.15, 0.2) is 205 Å². The second-order valence-corrected chi connectivity index (χ2v) is 13.3. The Hall–Kier alpha value is -6.90. The fourth-order valence-corrected chi connectivity index (χ4v) is 7.68. The Morgan fingerprint density at radius 2 is 0.904 bits per heavy atom. The quantitative estimate of drug-likeness (QED) is 0.176. The van der Waals surface area contributed by atoms with Crippen LogP contribution >= 0.6 is 0 Å².